The van der Waals surface area contributed by atoms with Gasteiger partial charge in [-0.1, -0.05) is 0 Å². The smallest absolute Gasteiger partial charge is 0.229 e. The van der Waals surface area contributed by atoms with Crippen LogP contribution in [0, 0.1) is 11.8 Å². The number of nitrogens with zero attached hydrogens (tertiary/aromatic N) is 1. The molecule has 188 valence electrons. The fourth-order valence-corrected chi connectivity index (χ4v) is 5.72. The number of hydrazine groups is 1. The molecule has 0 bridgehead atoms. The topological polar surface area (TPSA) is 86.8 Å². The summed E-state index contributed by atoms with van der Waals surface area (Å²) in [6.07, 6.45) is 4.97. The molecule has 10 heteroatoms. The van der Waals surface area contributed by atoms with Crippen molar-refractivity contribution in [1.29, 1.82) is 0 Å². The van der Waals surface area contributed by atoms with Gasteiger partial charge in [-0.15, -0.1) is 11.6 Å². The van der Waals surface area contributed by atoms with E-state index in [1.165, 1.54) is 0 Å². The molecule has 0 aromatic rings. The Labute approximate surface area is 200 Å². The van der Waals surface area contributed by atoms with Gasteiger partial charge in [-0.2, -0.15) is 0 Å². The summed E-state index contributed by atoms with van der Waals surface area (Å²) in [6.45, 7) is 3.18. The number of guanidine groups is 1. The van der Waals surface area contributed by atoms with Crippen molar-refractivity contribution in [3.05, 3.63) is 0 Å². The number of rotatable bonds is 5. The molecule has 2 aliphatic carbocycles. The summed E-state index contributed by atoms with van der Waals surface area (Å²) in [7, 11) is 0. The number of ether oxygens (including phenoxy) is 1. The maximum absolute atomic E-state index is 14.1. The molecule has 4 N–H and O–H groups in total. The van der Waals surface area contributed by atoms with Crippen molar-refractivity contribution in [2.45, 2.75) is 107 Å². The molecule has 2 heterocycles. The van der Waals surface area contributed by atoms with E-state index in [-0.39, 0.29) is 30.1 Å². The standard InChI is InChI=1S/C23H38ClF2N5O2/c1-23(9-2-10-33-23)13-27-22(29-21(32)15-5-8-17(24)18(26)11-15)28-20-12-19(30-31-20)14-3-6-16(25)7-4-14/h14-20,30-31H,2-13H2,1H3,(H2,27,28,29,32). The predicted octanol–water partition coefficient (Wildman–Crippen LogP) is 3.08. The fraction of sp³-hybridized carbons (Fsp3) is 0.913. The van der Waals surface area contributed by atoms with Crippen LogP contribution in [0.25, 0.3) is 0 Å². The number of hydrogen-bond donors (Lipinski definition) is 4. The normalized spacial score (nSPS) is 42.3. The van der Waals surface area contributed by atoms with E-state index >= 15 is 0 Å². The van der Waals surface area contributed by atoms with E-state index in [9.17, 15) is 13.6 Å². The molecule has 0 aromatic carbocycles. The van der Waals surface area contributed by atoms with Gasteiger partial charge in [0.15, 0.2) is 5.96 Å². The number of hydrogen-bond acceptors (Lipinski definition) is 5. The number of aliphatic imine (C=N–C) groups is 1. The van der Waals surface area contributed by atoms with Crippen LogP contribution in [-0.2, 0) is 9.53 Å². The number of carbonyl (C=O) groups excluding carboxylic acids is 1. The maximum atomic E-state index is 14.1. The van der Waals surface area contributed by atoms with Crippen LogP contribution < -0.4 is 21.5 Å². The maximum Gasteiger partial charge on any atom is 0.229 e. The number of alkyl halides is 3. The molecule has 1 amide bonds. The van der Waals surface area contributed by atoms with Gasteiger partial charge in [0.05, 0.1) is 23.7 Å². The van der Waals surface area contributed by atoms with Gasteiger partial charge in [-0.3, -0.25) is 15.5 Å². The lowest BCUT2D eigenvalue weighted by Gasteiger charge is -2.29. The summed E-state index contributed by atoms with van der Waals surface area (Å²) in [4.78, 5) is 17.6. The molecular formula is C23H38ClF2N5O2. The van der Waals surface area contributed by atoms with Gasteiger partial charge in [0.25, 0.3) is 0 Å². The molecule has 33 heavy (non-hydrogen) atoms. The molecule has 0 aromatic heterocycles. The zero-order valence-electron chi connectivity index (χ0n) is 19.4. The van der Waals surface area contributed by atoms with Crippen LogP contribution in [0.2, 0.25) is 0 Å². The molecule has 0 radical (unpaired) electrons. The van der Waals surface area contributed by atoms with Crippen LogP contribution in [0.15, 0.2) is 4.99 Å². The average Bonchev–Trinajstić information content (AvgIpc) is 3.44. The monoisotopic (exact) mass is 489 g/mol. The van der Waals surface area contributed by atoms with Crippen molar-refractivity contribution in [3.63, 3.8) is 0 Å². The SMILES string of the molecule is CC1(CN=C(NC(=O)C2CCC(Cl)C(F)C2)NC2CC(C3CCC(F)CC3)NN2)CCCO1. The second-order valence-electron chi connectivity index (χ2n) is 10.4. The highest BCUT2D eigenvalue weighted by atomic mass is 35.5. The van der Waals surface area contributed by atoms with Crippen LogP contribution in [0.5, 0.6) is 0 Å². The van der Waals surface area contributed by atoms with Gasteiger partial charge in [-0.25, -0.2) is 19.2 Å². The van der Waals surface area contributed by atoms with E-state index < -0.39 is 23.6 Å². The quantitative estimate of drug-likeness (QED) is 0.271. The Morgan fingerprint density at radius 1 is 1.15 bits per heavy atom. The van der Waals surface area contributed by atoms with Crippen molar-refractivity contribution in [2.24, 2.45) is 16.8 Å². The summed E-state index contributed by atoms with van der Waals surface area (Å²) in [5.41, 5.74) is 6.25. The molecule has 2 aliphatic heterocycles. The Kier molecular flexibility index (Phi) is 8.46. The minimum absolute atomic E-state index is 0.123. The number of halogens is 3. The first-order valence-corrected chi connectivity index (χ1v) is 12.9. The van der Waals surface area contributed by atoms with E-state index in [1.54, 1.807) is 0 Å². The highest BCUT2D eigenvalue weighted by molar-refractivity contribution is 6.21. The van der Waals surface area contributed by atoms with E-state index in [0.717, 1.165) is 38.7 Å². The van der Waals surface area contributed by atoms with Gasteiger partial charge in [-0.05, 0) is 77.0 Å². The molecule has 4 fully saturated rings. The zero-order chi connectivity index (χ0) is 23.4. The van der Waals surface area contributed by atoms with E-state index in [4.69, 9.17) is 16.3 Å². The first-order valence-electron chi connectivity index (χ1n) is 12.5. The third kappa shape index (κ3) is 6.77. The molecule has 2 saturated carbocycles. The number of carbonyl (C=O) groups is 1. The van der Waals surface area contributed by atoms with Crippen LogP contribution in [0.4, 0.5) is 8.78 Å². The average molecular weight is 490 g/mol. The van der Waals surface area contributed by atoms with Crippen LogP contribution >= 0.6 is 11.6 Å². The third-order valence-electron chi connectivity index (χ3n) is 7.69. The summed E-state index contributed by atoms with van der Waals surface area (Å²) >= 11 is 5.99. The van der Waals surface area contributed by atoms with E-state index in [0.29, 0.717) is 44.1 Å². The molecule has 6 atom stereocenters. The van der Waals surface area contributed by atoms with Crippen molar-refractivity contribution in [3.8, 4) is 0 Å². The minimum Gasteiger partial charge on any atom is -0.373 e. The Balaban J connectivity index is 1.36. The van der Waals surface area contributed by atoms with E-state index in [1.807, 2.05) is 6.92 Å². The zero-order valence-corrected chi connectivity index (χ0v) is 20.2. The van der Waals surface area contributed by atoms with Crippen molar-refractivity contribution < 1.29 is 18.3 Å². The van der Waals surface area contributed by atoms with E-state index in [2.05, 4.69) is 26.5 Å². The lowest BCUT2D eigenvalue weighted by atomic mass is 9.82. The molecule has 0 spiro atoms. The number of nitrogens with one attached hydrogen (secondary N) is 4. The second kappa shape index (κ2) is 11.1. The number of amides is 1. The summed E-state index contributed by atoms with van der Waals surface area (Å²) < 4.78 is 33.4. The van der Waals surface area contributed by atoms with Crippen LogP contribution in [-0.4, -0.2) is 60.5 Å². The van der Waals surface area contributed by atoms with Crippen molar-refractivity contribution in [1.82, 2.24) is 21.5 Å². The lowest BCUT2D eigenvalue weighted by molar-refractivity contribution is -0.125. The highest BCUT2D eigenvalue weighted by Gasteiger charge is 2.36. The Hall–Kier alpha value is -1.03. The Morgan fingerprint density at radius 3 is 2.64 bits per heavy atom. The molecule has 6 unspecified atom stereocenters. The summed E-state index contributed by atoms with van der Waals surface area (Å²) in [5, 5.41) is 5.71. The van der Waals surface area contributed by atoms with Crippen molar-refractivity contribution >= 4 is 23.5 Å². The molecule has 4 aliphatic rings. The lowest BCUT2D eigenvalue weighted by Crippen LogP contribution is -2.52. The molecule has 2 saturated heterocycles. The Bertz CT molecular complexity index is 700. The van der Waals surface area contributed by atoms with Gasteiger partial charge in [0, 0.05) is 18.6 Å². The second-order valence-corrected chi connectivity index (χ2v) is 11.0. The van der Waals surface area contributed by atoms with Gasteiger partial charge in [0.2, 0.25) is 5.91 Å². The first kappa shape index (κ1) is 25.1. The third-order valence-corrected chi connectivity index (χ3v) is 8.18. The highest BCUT2D eigenvalue weighted by Crippen LogP contribution is 2.32. The largest absolute Gasteiger partial charge is 0.373 e. The predicted molar refractivity (Wildman–Crippen MR) is 124 cm³/mol. The molecule has 7 nitrogen and oxygen atoms in total. The van der Waals surface area contributed by atoms with Gasteiger partial charge >= 0.3 is 0 Å². The van der Waals surface area contributed by atoms with Crippen LogP contribution in [0.3, 0.4) is 0 Å². The fourth-order valence-electron chi connectivity index (χ4n) is 5.50. The van der Waals surface area contributed by atoms with Gasteiger partial charge in [0.1, 0.15) is 12.3 Å². The summed E-state index contributed by atoms with van der Waals surface area (Å²) in [6, 6.07) is 0.244. The van der Waals surface area contributed by atoms with Gasteiger partial charge < -0.3 is 10.1 Å². The van der Waals surface area contributed by atoms with Crippen molar-refractivity contribution in [2.75, 3.05) is 13.2 Å². The first-order chi connectivity index (χ1) is 15.8. The summed E-state index contributed by atoms with van der Waals surface area (Å²) in [5.74, 6) is 0.171. The Morgan fingerprint density at radius 2 is 1.94 bits per heavy atom. The van der Waals surface area contributed by atoms with Crippen LogP contribution in [0.1, 0.15) is 71.1 Å². The molecular weight excluding hydrogens is 452 g/mol. The minimum atomic E-state index is -1.17. The molecule has 4 rings (SSSR count).